The molecule has 7 heteroatoms. The van der Waals surface area contributed by atoms with Gasteiger partial charge in [0.2, 0.25) is 12.4 Å². The van der Waals surface area contributed by atoms with E-state index in [9.17, 15) is 4.79 Å². The van der Waals surface area contributed by atoms with Crippen LogP contribution in [0.1, 0.15) is 87.5 Å². The highest BCUT2D eigenvalue weighted by atomic mass is 16.1. The van der Waals surface area contributed by atoms with Crippen molar-refractivity contribution in [2.24, 2.45) is 22.2 Å². The maximum absolute atomic E-state index is 10.0. The van der Waals surface area contributed by atoms with Gasteiger partial charge in [-0.05, 0) is 62.5 Å². The first kappa shape index (κ1) is 30.4. The monoisotopic (exact) mass is 458 g/mol. The van der Waals surface area contributed by atoms with Gasteiger partial charge in [-0.25, -0.2) is 4.99 Å². The molecular weight excluding hydrogens is 412 g/mol. The van der Waals surface area contributed by atoms with E-state index in [1.54, 1.807) is 12.4 Å². The highest BCUT2D eigenvalue weighted by molar-refractivity contribution is 5.94. The fourth-order valence-corrected chi connectivity index (χ4v) is 3.57. The van der Waals surface area contributed by atoms with Crippen LogP contribution in [0.3, 0.4) is 0 Å². The second kappa shape index (κ2) is 16.1. The van der Waals surface area contributed by atoms with Crippen LogP contribution in [-0.4, -0.2) is 29.4 Å². The van der Waals surface area contributed by atoms with Gasteiger partial charge in [0.25, 0.3) is 0 Å². The summed E-state index contributed by atoms with van der Waals surface area (Å²) in [5.41, 5.74) is 1.07. The summed E-state index contributed by atoms with van der Waals surface area (Å²) < 4.78 is 0. The fourth-order valence-electron chi connectivity index (χ4n) is 3.57. The number of aromatic nitrogens is 1. The SMILES string of the molecule is CC(C)CC(C)(C)N=C(NC#N)Nc1ccncc1.CC(CCCC(C)(C)C)CCNC=O. The van der Waals surface area contributed by atoms with Crippen molar-refractivity contribution in [1.29, 1.82) is 5.26 Å². The van der Waals surface area contributed by atoms with Crippen molar-refractivity contribution >= 4 is 18.1 Å². The molecule has 33 heavy (non-hydrogen) atoms. The zero-order chi connectivity index (χ0) is 25.3. The molecule has 1 aromatic rings. The largest absolute Gasteiger partial charge is 0.359 e. The summed E-state index contributed by atoms with van der Waals surface area (Å²) in [7, 11) is 0. The third-order valence-corrected chi connectivity index (χ3v) is 4.93. The Kier molecular flexibility index (Phi) is 14.8. The van der Waals surface area contributed by atoms with Crippen molar-refractivity contribution in [2.75, 3.05) is 11.9 Å². The van der Waals surface area contributed by atoms with Crippen molar-refractivity contribution in [2.45, 2.75) is 93.0 Å². The third-order valence-electron chi connectivity index (χ3n) is 4.93. The van der Waals surface area contributed by atoms with Gasteiger partial charge in [-0.3, -0.25) is 15.1 Å². The maximum atomic E-state index is 10.0. The van der Waals surface area contributed by atoms with Crippen LogP contribution >= 0.6 is 0 Å². The molecule has 0 spiro atoms. The molecular formula is C26H46N6O. The molecule has 0 aliphatic rings. The summed E-state index contributed by atoms with van der Waals surface area (Å²) in [5, 5.41) is 17.2. The number of carbonyl (C=O) groups is 1. The van der Waals surface area contributed by atoms with Crippen LogP contribution < -0.4 is 16.0 Å². The average Bonchev–Trinajstić information content (AvgIpc) is 2.67. The molecule has 1 atom stereocenters. The number of hydrogen-bond acceptors (Lipinski definition) is 4. The van der Waals surface area contributed by atoms with Gasteiger partial charge in [0.1, 0.15) is 0 Å². The average molecular weight is 459 g/mol. The summed E-state index contributed by atoms with van der Waals surface area (Å²) in [6, 6.07) is 3.65. The van der Waals surface area contributed by atoms with Crippen LogP contribution in [0.5, 0.6) is 0 Å². The highest BCUT2D eigenvalue weighted by Crippen LogP contribution is 2.24. The molecule has 0 saturated carbocycles. The number of guanidine groups is 1. The summed E-state index contributed by atoms with van der Waals surface area (Å²) in [6.07, 6.45) is 12.0. The molecule has 1 amide bonds. The number of amides is 1. The van der Waals surface area contributed by atoms with E-state index in [0.717, 1.165) is 37.4 Å². The molecule has 0 radical (unpaired) electrons. The van der Waals surface area contributed by atoms with E-state index in [0.29, 0.717) is 17.3 Å². The zero-order valence-corrected chi connectivity index (χ0v) is 22.0. The maximum Gasteiger partial charge on any atom is 0.209 e. The Morgan fingerprint density at radius 1 is 1.15 bits per heavy atom. The number of pyridine rings is 1. The number of nitriles is 1. The van der Waals surface area contributed by atoms with Crippen molar-refractivity contribution in [1.82, 2.24) is 15.6 Å². The van der Waals surface area contributed by atoms with E-state index in [1.807, 2.05) is 18.3 Å². The molecule has 1 aromatic heterocycles. The lowest BCUT2D eigenvalue weighted by atomic mass is 9.87. The lowest BCUT2D eigenvalue weighted by Gasteiger charge is -2.23. The molecule has 0 bridgehead atoms. The van der Waals surface area contributed by atoms with Crippen molar-refractivity contribution in [3.05, 3.63) is 24.5 Å². The lowest BCUT2D eigenvalue weighted by Crippen LogP contribution is -2.32. The first-order chi connectivity index (χ1) is 15.4. The van der Waals surface area contributed by atoms with Gasteiger partial charge in [0.15, 0.2) is 6.19 Å². The second-order valence-corrected chi connectivity index (χ2v) is 10.9. The van der Waals surface area contributed by atoms with Gasteiger partial charge in [0.05, 0.1) is 5.54 Å². The summed E-state index contributed by atoms with van der Waals surface area (Å²) in [5.74, 6) is 1.73. The smallest absolute Gasteiger partial charge is 0.209 e. The molecule has 3 N–H and O–H groups in total. The Morgan fingerprint density at radius 2 is 1.79 bits per heavy atom. The standard InChI is InChI=1S/C14H21N5.C12H25NO/c1-11(2)9-14(3,4)19-13(17-10-15)18-12-5-7-16-8-6-12;1-11(7-9-13-10-14)6-5-8-12(2,3)4/h5-8,11H,9H2,1-4H3,(H2,16,17,18,19);10-11H,5-9H2,1-4H3,(H,13,14). The van der Waals surface area contributed by atoms with E-state index in [-0.39, 0.29) is 5.54 Å². The van der Waals surface area contributed by atoms with Crippen molar-refractivity contribution in [3.8, 4) is 6.19 Å². The lowest BCUT2D eigenvalue weighted by molar-refractivity contribution is -0.109. The molecule has 0 saturated heterocycles. The van der Waals surface area contributed by atoms with Crippen LogP contribution in [0.4, 0.5) is 5.69 Å². The Labute approximate surface area is 201 Å². The van der Waals surface area contributed by atoms with Gasteiger partial charge in [-0.15, -0.1) is 0 Å². The van der Waals surface area contributed by atoms with E-state index in [2.05, 4.69) is 81.3 Å². The predicted octanol–water partition coefficient (Wildman–Crippen LogP) is 5.72. The minimum atomic E-state index is -0.229. The fraction of sp³-hybridized carbons (Fsp3) is 0.692. The Bertz CT molecular complexity index is 717. The van der Waals surface area contributed by atoms with Crippen molar-refractivity contribution < 1.29 is 4.79 Å². The van der Waals surface area contributed by atoms with Crippen LogP contribution in [0, 0.1) is 28.7 Å². The number of carbonyl (C=O) groups excluding carboxylic acids is 1. The minimum absolute atomic E-state index is 0.229. The number of nitrogens with zero attached hydrogens (tertiary/aromatic N) is 3. The molecule has 0 aromatic carbocycles. The highest BCUT2D eigenvalue weighted by Gasteiger charge is 2.19. The Balaban J connectivity index is 0.000000653. The number of anilines is 1. The number of nitrogens with one attached hydrogen (secondary N) is 3. The quantitative estimate of drug-likeness (QED) is 0.0983. The molecule has 0 aliphatic carbocycles. The van der Waals surface area contributed by atoms with E-state index in [1.165, 1.54) is 19.3 Å². The van der Waals surface area contributed by atoms with Crippen LogP contribution in [0.25, 0.3) is 0 Å². The summed E-state index contributed by atoms with van der Waals surface area (Å²) in [4.78, 5) is 18.6. The van der Waals surface area contributed by atoms with Gasteiger partial charge in [-0.1, -0.05) is 54.4 Å². The van der Waals surface area contributed by atoms with Gasteiger partial charge in [0, 0.05) is 24.6 Å². The number of hydrogen-bond donors (Lipinski definition) is 3. The third kappa shape index (κ3) is 18.6. The van der Waals surface area contributed by atoms with Crippen molar-refractivity contribution in [3.63, 3.8) is 0 Å². The zero-order valence-electron chi connectivity index (χ0n) is 22.0. The molecule has 1 rings (SSSR count). The van der Waals surface area contributed by atoms with Gasteiger partial charge in [-0.2, -0.15) is 5.26 Å². The first-order valence-corrected chi connectivity index (χ1v) is 12.0. The minimum Gasteiger partial charge on any atom is -0.359 e. The van der Waals surface area contributed by atoms with E-state index in [4.69, 9.17) is 5.26 Å². The van der Waals surface area contributed by atoms with Gasteiger partial charge < -0.3 is 10.6 Å². The number of aliphatic imine (C=N–C) groups is 1. The molecule has 1 heterocycles. The second-order valence-electron chi connectivity index (χ2n) is 10.9. The van der Waals surface area contributed by atoms with E-state index >= 15 is 0 Å². The Morgan fingerprint density at radius 3 is 2.30 bits per heavy atom. The predicted molar refractivity (Wildman–Crippen MR) is 139 cm³/mol. The molecule has 1 unspecified atom stereocenters. The number of rotatable bonds is 11. The van der Waals surface area contributed by atoms with Crippen LogP contribution in [0.15, 0.2) is 29.5 Å². The normalized spacial score (nSPS) is 12.8. The van der Waals surface area contributed by atoms with Gasteiger partial charge >= 0.3 is 0 Å². The van der Waals surface area contributed by atoms with Crippen LogP contribution in [-0.2, 0) is 4.79 Å². The van der Waals surface area contributed by atoms with Crippen LogP contribution in [0.2, 0.25) is 0 Å². The topological polar surface area (TPSA) is 102 Å². The molecule has 0 fully saturated rings. The summed E-state index contributed by atoms with van der Waals surface area (Å²) in [6.45, 7) is 18.4. The summed E-state index contributed by atoms with van der Waals surface area (Å²) >= 11 is 0. The first-order valence-electron chi connectivity index (χ1n) is 12.0. The molecule has 0 aliphatic heterocycles. The Hall–Kier alpha value is -2.62. The van der Waals surface area contributed by atoms with E-state index < -0.39 is 0 Å². The molecule has 186 valence electrons. The molecule has 7 nitrogen and oxygen atoms in total.